The van der Waals surface area contributed by atoms with Gasteiger partial charge in [-0.15, -0.1) is 52.4 Å². The molecular weight excluding hydrogens is 1200 g/mol. The molecule has 8 aromatic carbocycles. The van der Waals surface area contributed by atoms with E-state index in [9.17, 15) is 5.26 Å². The van der Waals surface area contributed by atoms with E-state index in [-0.39, 0.29) is 96.6 Å². The maximum atomic E-state index is 9.35. The first-order chi connectivity index (χ1) is 35.7. The Labute approximate surface area is 545 Å². The predicted molar refractivity (Wildman–Crippen MR) is 300 cm³/mol. The zero-order chi connectivity index (χ0) is 52.6. The third-order valence-corrected chi connectivity index (χ3v) is 13.5. The van der Waals surface area contributed by atoms with Crippen molar-refractivity contribution in [2.24, 2.45) is 0 Å². The molecule has 8 aromatic rings. The van der Waals surface area contributed by atoms with Crippen molar-refractivity contribution in [1.29, 1.82) is 0 Å². The molecule has 78 heavy (non-hydrogen) atoms. The van der Waals surface area contributed by atoms with E-state index in [1.54, 1.807) is 54.8 Å². The van der Waals surface area contributed by atoms with Crippen molar-refractivity contribution in [2.45, 2.75) is 9.79 Å². The Morgan fingerprint density at radius 3 is 1.37 bits per heavy atom. The van der Waals surface area contributed by atoms with E-state index in [0.29, 0.717) is 16.4 Å². The van der Waals surface area contributed by atoms with Crippen molar-refractivity contribution in [2.75, 3.05) is 42.7 Å². The van der Waals surface area contributed by atoms with Crippen molar-refractivity contribution >= 4 is 111 Å². The molecule has 0 saturated carbocycles. The fourth-order valence-electron chi connectivity index (χ4n) is 6.61. The molecule has 8 rings (SSSR count). The fraction of sp³-hybridized carbons (Fsp3) is 0.111. The van der Waals surface area contributed by atoms with Crippen LogP contribution in [0.1, 0.15) is 0 Å². The van der Waals surface area contributed by atoms with Gasteiger partial charge >= 0.3 is 79.6 Å². The van der Waals surface area contributed by atoms with Gasteiger partial charge in [-0.25, -0.2) is 5.26 Å². The number of hydrogen-bond acceptors (Lipinski definition) is 14. The third-order valence-electron chi connectivity index (χ3n) is 9.57. The van der Waals surface area contributed by atoms with E-state index in [2.05, 4.69) is 56.9 Å². The minimum atomic E-state index is -1.20. The number of halogens is 4. The van der Waals surface area contributed by atoms with E-state index in [0.717, 1.165) is 90.1 Å². The van der Waals surface area contributed by atoms with Crippen molar-refractivity contribution in [3.05, 3.63) is 200 Å². The minimum absolute atomic E-state index is 0. The first kappa shape index (κ1) is 77.9. The molecule has 392 valence electrons. The second kappa shape index (κ2) is 46.3. The van der Waals surface area contributed by atoms with Crippen LogP contribution in [0.15, 0.2) is 192 Å². The van der Waals surface area contributed by atoms with Crippen molar-refractivity contribution in [3.63, 3.8) is 0 Å². The molecule has 0 aliphatic heterocycles. The summed E-state index contributed by atoms with van der Waals surface area (Å²) in [5.74, 6) is 3.37. The largest absolute Gasteiger partial charge is 2.00 e. The molecule has 0 aliphatic rings. The Morgan fingerprint density at radius 2 is 0.910 bits per heavy atom. The molecular formula is C54H49BrCl3Li3MgO12P2S2. The summed E-state index contributed by atoms with van der Waals surface area (Å²) in [6.07, 6.45) is 0. The molecule has 24 heteroatoms. The molecule has 1 unspecified atom stereocenters. The Balaban J connectivity index is 0. The zero-order valence-corrected chi connectivity index (χ0v) is 52.9. The molecule has 0 amide bonds. The number of hydrogen-bond donors (Lipinski definition) is 1. The summed E-state index contributed by atoms with van der Waals surface area (Å²) in [5.41, 5.74) is 3.76. The van der Waals surface area contributed by atoms with Gasteiger partial charge in [-0.3, -0.25) is 5.04 Å². The predicted octanol–water partition coefficient (Wildman–Crippen LogP) is 1.51. The van der Waals surface area contributed by atoms with Crippen molar-refractivity contribution < 1.29 is 131 Å². The first-order valence-corrected chi connectivity index (χ1v) is 28.1. The molecule has 0 spiro atoms. The number of para-hydroxylation sites is 2. The van der Waals surface area contributed by atoms with Crippen LogP contribution in [0.2, 0.25) is 0 Å². The standard InChI is InChI=1S/C27H25O6PS.C14H13O2.C7H7O.C6H5O3S.BrH.Cl3P.3Li.Mg/c1-29-20-12-5-7-16-24(20)34(25-17-8-9-18-26(25)35-33-32-28)23-15-6-4-11-19(23)27-21(30-2)13-10-14-22(27)31-3;1-15-12-9-6-10-13(16-2)14(12)11-7-4-3-5-8-11;1-8-7-5-3-2-4-6-7;7-8-9-10-6-4-2-1-3-5-6;;1-4(2)3;;;;/h4-18,28H,1-3H3;3-7,9-10H,1-2H3;2-5H,1H3;1-4,7H;1H;;;;;/q;3*-1;;;3*+1;+2/p-2. The van der Waals surface area contributed by atoms with Gasteiger partial charge < -0.3 is 50.7 Å². The number of methoxy groups -OCH3 is 6. The molecule has 0 aromatic heterocycles. The number of ether oxygens (including phenoxy) is 6. The average molecular weight is 1250 g/mol. The van der Waals surface area contributed by atoms with Crippen LogP contribution in [0.4, 0.5) is 0 Å². The SMILES string of the molecule is COc1[c-]cccc1.COc1cccc(OC)c1-c1[c-]cccc1.COc1ccccc1P(c1ccccc1SOOO)c1ccccc1-c1c(OC)cccc1OC.ClP(Cl)Cl.[Br-].[Li+].[Li+].[Li+].[Mg+2].[O-]OOSc1[c-]cccc1. The van der Waals surface area contributed by atoms with Crippen LogP contribution in [0, 0.1) is 18.2 Å². The maximum Gasteiger partial charge on any atom is 2.00 e. The van der Waals surface area contributed by atoms with Gasteiger partial charge in [0.05, 0.1) is 71.8 Å². The van der Waals surface area contributed by atoms with Gasteiger partial charge in [0, 0.05) is 33.3 Å². The second-order valence-electron chi connectivity index (χ2n) is 13.6. The molecule has 1 atom stereocenters. The van der Waals surface area contributed by atoms with Gasteiger partial charge in [-0.1, -0.05) is 116 Å². The summed E-state index contributed by atoms with van der Waals surface area (Å²) < 4.78 is 41.7. The third kappa shape index (κ3) is 25.9. The number of rotatable bonds is 17. The minimum Gasteiger partial charge on any atom is -1.00 e. The number of benzene rings is 8. The zero-order valence-electron chi connectivity index (χ0n) is 44.2. The van der Waals surface area contributed by atoms with Gasteiger partial charge in [0.25, 0.3) is 0 Å². The molecule has 0 heterocycles. The monoisotopic (exact) mass is 1240 g/mol. The van der Waals surface area contributed by atoms with E-state index < -0.39 is 13.9 Å². The first-order valence-electron chi connectivity index (χ1n) is 21.2. The Hall–Kier alpha value is -2.21. The molecule has 0 bridgehead atoms. The van der Waals surface area contributed by atoms with E-state index in [1.807, 2.05) is 146 Å². The Bertz CT molecular complexity index is 2760. The van der Waals surface area contributed by atoms with Gasteiger partial charge in [-0.2, -0.15) is 52.9 Å². The van der Waals surface area contributed by atoms with Crippen LogP contribution in [0.3, 0.4) is 0 Å². The summed E-state index contributed by atoms with van der Waals surface area (Å²) in [7, 11) is 8.76. The second-order valence-corrected chi connectivity index (χ2v) is 22.2. The Kier molecular flexibility index (Phi) is 46.2. The van der Waals surface area contributed by atoms with Gasteiger partial charge in [-0.05, 0) is 60.8 Å². The molecule has 12 nitrogen and oxygen atoms in total. The summed E-state index contributed by atoms with van der Waals surface area (Å²) in [6, 6.07) is 66.8. The smallest absolute Gasteiger partial charge is 1.00 e. The van der Waals surface area contributed by atoms with Crippen LogP contribution in [-0.4, -0.2) is 71.0 Å². The van der Waals surface area contributed by atoms with Gasteiger partial charge in [0.2, 0.25) is 0 Å². The van der Waals surface area contributed by atoms with Gasteiger partial charge in [0.1, 0.15) is 17.2 Å². The molecule has 0 saturated heterocycles. The summed E-state index contributed by atoms with van der Waals surface area (Å²) in [6.45, 7) is 0. The summed E-state index contributed by atoms with van der Waals surface area (Å²) in [4.78, 5) is 1.51. The Morgan fingerprint density at radius 1 is 0.462 bits per heavy atom. The van der Waals surface area contributed by atoms with Crippen LogP contribution >= 0.6 is 71.7 Å². The molecule has 0 radical (unpaired) electrons. The van der Waals surface area contributed by atoms with Crippen molar-refractivity contribution in [1.82, 2.24) is 0 Å². The van der Waals surface area contributed by atoms with E-state index in [4.69, 9.17) is 71.7 Å². The maximum absolute atomic E-state index is 9.35. The van der Waals surface area contributed by atoms with Crippen LogP contribution < -0.4 is 123 Å². The van der Waals surface area contributed by atoms with Crippen LogP contribution in [0.25, 0.3) is 22.3 Å². The quantitative estimate of drug-likeness (QED) is 0.0353. The van der Waals surface area contributed by atoms with Crippen LogP contribution in [0.5, 0.6) is 34.5 Å². The average Bonchev–Trinajstić information content (AvgIpc) is 3.45. The fourth-order valence-corrected chi connectivity index (χ4v) is 10.3. The summed E-state index contributed by atoms with van der Waals surface area (Å²) in [5, 5.41) is 28.3. The van der Waals surface area contributed by atoms with Gasteiger partial charge in [0.15, 0.2) is 5.98 Å². The summed E-state index contributed by atoms with van der Waals surface area (Å²) >= 11 is 16.4. The molecule has 1 N–H and O–H groups in total. The van der Waals surface area contributed by atoms with E-state index >= 15 is 0 Å². The van der Waals surface area contributed by atoms with Crippen molar-refractivity contribution in [3.8, 4) is 56.8 Å². The van der Waals surface area contributed by atoms with Crippen LogP contribution in [-0.2, 0) is 18.7 Å². The molecule has 0 fully saturated rings. The topological polar surface area (TPSA) is 136 Å². The normalized spacial score (nSPS) is 9.85. The van der Waals surface area contributed by atoms with E-state index in [1.165, 1.54) is 0 Å². The molecule has 0 aliphatic carbocycles.